The van der Waals surface area contributed by atoms with E-state index in [1.807, 2.05) is 57.3 Å². The molecule has 0 saturated carbocycles. The summed E-state index contributed by atoms with van der Waals surface area (Å²) in [5.41, 5.74) is 4.55. The number of aryl methyl sites for hydroxylation is 2. The number of imide groups is 1. The van der Waals surface area contributed by atoms with Crippen LogP contribution in [0.4, 0.5) is 28.1 Å². The van der Waals surface area contributed by atoms with Gasteiger partial charge in [-0.2, -0.15) is 0 Å². The van der Waals surface area contributed by atoms with Crippen LogP contribution in [0.1, 0.15) is 83.9 Å². The van der Waals surface area contributed by atoms with Crippen LogP contribution in [0.2, 0.25) is 5.02 Å². The number of carbonyl (C=O) groups is 4. The zero-order valence-corrected chi connectivity index (χ0v) is 37.0. The van der Waals surface area contributed by atoms with Gasteiger partial charge in [-0.1, -0.05) is 47.2 Å². The Morgan fingerprint density at radius 1 is 0.967 bits per heavy atom. The summed E-state index contributed by atoms with van der Waals surface area (Å²) in [6.07, 6.45) is 9.08. The van der Waals surface area contributed by atoms with E-state index in [0.29, 0.717) is 46.8 Å². The van der Waals surface area contributed by atoms with Gasteiger partial charge in [0.15, 0.2) is 11.4 Å². The van der Waals surface area contributed by atoms with Crippen molar-refractivity contribution in [1.29, 1.82) is 0 Å². The van der Waals surface area contributed by atoms with Crippen molar-refractivity contribution in [2.45, 2.75) is 71.1 Å². The number of nitrogens with one attached hydrogen (secondary N) is 3. The number of thiazole rings is 1. The number of piperidine rings is 2. The summed E-state index contributed by atoms with van der Waals surface area (Å²) in [5, 5.41) is 10.1. The molecular weight excluding hydrogens is 812 g/mol. The lowest BCUT2D eigenvalue weighted by Gasteiger charge is -2.40. The second-order valence-corrected chi connectivity index (χ2v) is 18.1. The smallest absolute Gasteiger partial charge is 0.234 e. The van der Waals surface area contributed by atoms with Gasteiger partial charge in [-0.3, -0.25) is 29.4 Å². The van der Waals surface area contributed by atoms with Crippen LogP contribution in [0.3, 0.4) is 0 Å². The summed E-state index contributed by atoms with van der Waals surface area (Å²) in [6.45, 7) is 12.2. The Balaban J connectivity index is 0.000000494. The zero-order chi connectivity index (χ0) is 42.9. The van der Waals surface area contributed by atoms with Gasteiger partial charge in [-0.25, -0.2) is 15.0 Å². The molecule has 2 aromatic carbocycles. The van der Waals surface area contributed by atoms with Crippen LogP contribution >= 0.6 is 22.9 Å². The lowest BCUT2D eigenvalue weighted by molar-refractivity contribution is -0.134. The molecule has 4 fully saturated rings. The zero-order valence-electron chi connectivity index (χ0n) is 35.4. The largest absolute Gasteiger partial charge is 0.387 e. The molecule has 1 spiro atoms. The fourth-order valence-corrected chi connectivity index (χ4v) is 9.88. The highest BCUT2D eigenvalue weighted by Crippen LogP contribution is 2.42. The van der Waals surface area contributed by atoms with E-state index >= 15 is 0 Å². The van der Waals surface area contributed by atoms with E-state index in [4.69, 9.17) is 11.6 Å². The van der Waals surface area contributed by atoms with Crippen LogP contribution in [0.15, 0.2) is 54.7 Å². The van der Waals surface area contributed by atoms with Gasteiger partial charge in [0.2, 0.25) is 17.7 Å². The molecule has 0 aliphatic carbocycles. The Labute approximate surface area is 367 Å². The number of unbranched alkanes of at least 4 members (excludes halogenated alkanes) is 1. The molecule has 1 atom stereocenters. The number of amides is 3. The minimum atomic E-state index is -0.255. The number of hydrogen-bond donors (Lipinski definition) is 3. The summed E-state index contributed by atoms with van der Waals surface area (Å²) >= 11 is 7.16. The molecule has 1 unspecified atom stereocenters. The Bertz CT molecular complexity index is 2150. The number of likely N-dealkylation sites (tertiary alicyclic amines) is 1. The average Bonchev–Trinajstić information content (AvgIpc) is 3.90. The average molecular weight is 870 g/mol. The van der Waals surface area contributed by atoms with Crippen LogP contribution in [-0.4, -0.2) is 115 Å². The molecular formula is C45H57ClN10O4S. The van der Waals surface area contributed by atoms with E-state index in [1.54, 1.807) is 6.20 Å². The summed E-state index contributed by atoms with van der Waals surface area (Å²) < 4.78 is 0. The molecule has 4 aliphatic heterocycles. The normalized spacial score (nSPS) is 19.0. The molecule has 14 nitrogen and oxygen atoms in total. The van der Waals surface area contributed by atoms with Gasteiger partial charge in [0.1, 0.15) is 17.5 Å². The van der Waals surface area contributed by atoms with Crippen molar-refractivity contribution >= 4 is 75.1 Å². The number of carbonyl (C=O) groups excluding carboxylic acids is 4. The first-order chi connectivity index (χ1) is 29.5. The molecule has 8 rings (SSSR count). The Morgan fingerprint density at radius 2 is 1.72 bits per heavy atom. The second kappa shape index (κ2) is 20.2. The lowest BCUT2D eigenvalue weighted by Crippen LogP contribution is -2.47. The third kappa shape index (κ3) is 11.2. The lowest BCUT2D eigenvalue weighted by atomic mass is 9.77. The van der Waals surface area contributed by atoms with Crippen LogP contribution in [0.5, 0.6) is 0 Å². The van der Waals surface area contributed by atoms with Gasteiger partial charge < -0.3 is 25.3 Å². The number of anilines is 5. The SMILES string of the molecule is CNc1c(C)cccc1Cl.Cc1nc(Nc2ncc(C=O)s2)cc(N2CCN(CCCCC(=O)N3CCC4(CCN(c5ccc(C6CCC(=O)NC6=O)cc5)CC4)C3)CC2)n1. The molecule has 4 saturated heterocycles. The van der Waals surface area contributed by atoms with Crippen molar-refractivity contribution < 1.29 is 19.2 Å². The van der Waals surface area contributed by atoms with Gasteiger partial charge in [-0.15, -0.1) is 0 Å². The summed E-state index contributed by atoms with van der Waals surface area (Å²) in [5.74, 6) is 1.89. The topological polar surface area (TPSA) is 156 Å². The predicted molar refractivity (Wildman–Crippen MR) is 242 cm³/mol. The molecule has 3 amide bonds. The van der Waals surface area contributed by atoms with E-state index in [-0.39, 0.29) is 23.1 Å². The van der Waals surface area contributed by atoms with E-state index in [9.17, 15) is 19.2 Å². The van der Waals surface area contributed by atoms with Gasteiger partial charge in [0.25, 0.3) is 0 Å². The Hall–Kier alpha value is -5.12. The first-order valence-corrected chi connectivity index (χ1v) is 22.6. The molecule has 16 heteroatoms. The van der Waals surface area contributed by atoms with E-state index in [1.165, 1.54) is 22.6 Å². The summed E-state index contributed by atoms with van der Waals surface area (Å²) in [4.78, 5) is 71.3. The number of para-hydroxylation sites is 1. The van der Waals surface area contributed by atoms with Crippen molar-refractivity contribution in [2.75, 3.05) is 86.4 Å². The number of piperazine rings is 1. The van der Waals surface area contributed by atoms with Crippen molar-refractivity contribution in [1.82, 2.24) is 30.1 Å². The van der Waals surface area contributed by atoms with Crippen molar-refractivity contribution in [2.24, 2.45) is 5.41 Å². The highest BCUT2D eigenvalue weighted by Gasteiger charge is 2.42. The Morgan fingerprint density at radius 3 is 2.39 bits per heavy atom. The van der Waals surface area contributed by atoms with Crippen LogP contribution in [0.25, 0.3) is 0 Å². The van der Waals surface area contributed by atoms with Gasteiger partial charge >= 0.3 is 0 Å². The molecule has 4 aromatic rings. The maximum Gasteiger partial charge on any atom is 0.234 e. The van der Waals surface area contributed by atoms with Crippen molar-refractivity contribution in [3.8, 4) is 0 Å². The number of nitrogens with zero attached hydrogens (tertiary/aromatic N) is 7. The fourth-order valence-electron chi connectivity index (χ4n) is 8.93. The molecule has 61 heavy (non-hydrogen) atoms. The summed E-state index contributed by atoms with van der Waals surface area (Å²) in [6, 6.07) is 16.1. The molecule has 324 valence electrons. The first-order valence-electron chi connectivity index (χ1n) is 21.4. The molecule has 3 N–H and O–H groups in total. The number of rotatable bonds is 12. The number of aldehydes is 1. The molecule has 6 heterocycles. The van der Waals surface area contributed by atoms with Gasteiger partial charge in [0.05, 0.1) is 27.7 Å². The molecule has 0 bridgehead atoms. The molecule has 2 aromatic heterocycles. The first kappa shape index (κ1) is 44.0. The summed E-state index contributed by atoms with van der Waals surface area (Å²) in [7, 11) is 1.87. The van der Waals surface area contributed by atoms with E-state index in [2.05, 4.69) is 62.6 Å². The monoisotopic (exact) mass is 868 g/mol. The minimum absolute atomic E-state index is 0.186. The third-order valence-corrected chi connectivity index (χ3v) is 13.7. The maximum absolute atomic E-state index is 13.2. The van der Waals surface area contributed by atoms with E-state index in [0.717, 1.165) is 119 Å². The van der Waals surface area contributed by atoms with Crippen LogP contribution < -0.4 is 25.8 Å². The second-order valence-electron chi connectivity index (χ2n) is 16.6. The van der Waals surface area contributed by atoms with Crippen LogP contribution in [-0.2, 0) is 14.4 Å². The number of halogens is 1. The minimum Gasteiger partial charge on any atom is -0.387 e. The fraction of sp³-hybridized carbons (Fsp3) is 0.489. The Kier molecular flexibility index (Phi) is 14.5. The van der Waals surface area contributed by atoms with Gasteiger partial charge in [-0.05, 0) is 93.7 Å². The molecule has 4 aliphatic rings. The highest BCUT2D eigenvalue weighted by atomic mass is 35.5. The predicted octanol–water partition coefficient (Wildman–Crippen LogP) is 6.82. The molecule has 0 radical (unpaired) electrons. The maximum atomic E-state index is 13.2. The quantitative estimate of drug-likeness (QED) is 0.0778. The van der Waals surface area contributed by atoms with Crippen molar-refractivity contribution in [3.05, 3.63) is 81.6 Å². The van der Waals surface area contributed by atoms with Crippen LogP contribution in [0, 0.1) is 19.3 Å². The standard InChI is InChI=1S/C37H47N9O4S.C8H10ClN/c1-26-39-31(41-36-38-23-29(24-47)51-36)22-32(40-26)45-20-18-43(19-21-45)14-3-2-4-34(49)46-17-13-37(25-46)11-15-44(16-12-37)28-7-5-27(6-8-28)30-9-10-33(48)42-35(30)50;1-6-4-3-5-7(9)8(6)10-2/h5-8,22-24,30H,2-4,9-21,25H2,1H3,(H,42,48,50)(H,38,39,40,41);3-5,10H,1-2H3. The number of aromatic nitrogens is 3. The third-order valence-electron chi connectivity index (χ3n) is 12.5. The van der Waals surface area contributed by atoms with Gasteiger partial charge in [0, 0.05) is 84.0 Å². The highest BCUT2D eigenvalue weighted by molar-refractivity contribution is 7.17. The number of benzene rings is 2. The van der Waals surface area contributed by atoms with Crippen molar-refractivity contribution in [3.63, 3.8) is 0 Å². The van der Waals surface area contributed by atoms with E-state index < -0.39 is 0 Å². The number of hydrogen-bond acceptors (Lipinski definition) is 13.